The molecular weight excluding hydrogens is 376 g/mol. The minimum absolute atomic E-state index is 0.0978. The third kappa shape index (κ3) is 4.67. The normalized spacial score (nSPS) is 12.0. The number of nitrogens with zero attached hydrogens (tertiary/aromatic N) is 1. The van der Waals surface area contributed by atoms with Gasteiger partial charge in [-0.15, -0.1) is 0 Å². The maximum Gasteiger partial charge on any atom is 0.250 e. The number of aromatic nitrogens is 1. The van der Waals surface area contributed by atoms with E-state index in [0.717, 1.165) is 11.3 Å². The third-order valence-electron chi connectivity index (χ3n) is 4.15. The van der Waals surface area contributed by atoms with Crippen LogP contribution in [0.4, 0.5) is 5.69 Å². The van der Waals surface area contributed by atoms with Crippen molar-refractivity contribution in [3.05, 3.63) is 54.2 Å². The molecule has 0 saturated heterocycles. The van der Waals surface area contributed by atoms with Crippen LogP contribution in [0.15, 0.2) is 53.1 Å². The Bertz CT molecular complexity index is 983. The lowest BCUT2D eigenvalue weighted by Gasteiger charge is -2.07. The van der Waals surface area contributed by atoms with Crippen molar-refractivity contribution in [2.24, 2.45) is 0 Å². The van der Waals surface area contributed by atoms with E-state index in [9.17, 15) is 4.79 Å². The van der Waals surface area contributed by atoms with E-state index in [1.807, 2.05) is 25.1 Å². The summed E-state index contributed by atoms with van der Waals surface area (Å²) in [5.41, 5.74) is 2.08. The largest absolute Gasteiger partial charge is 0.494 e. The molecule has 2 heterocycles. The minimum Gasteiger partial charge on any atom is -0.494 e. The Morgan fingerprint density at radius 2 is 1.93 bits per heavy atom. The van der Waals surface area contributed by atoms with Gasteiger partial charge in [0.25, 0.3) is 0 Å². The van der Waals surface area contributed by atoms with E-state index in [-0.39, 0.29) is 25.9 Å². The van der Waals surface area contributed by atoms with Crippen molar-refractivity contribution < 1.29 is 28.3 Å². The predicted molar refractivity (Wildman–Crippen MR) is 104 cm³/mol. The number of amides is 1. The molecule has 0 saturated carbocycles. The van der Waals surface area contributed by atoms with Crippen LogP contribution in [0.5, 0.6) is 17.2 Å². The van der Waals surface area contributed by atoms with Crippen LogP contribution in [0.2, 0.25) is 0 Å². The molecule has 0 radical (unpaired) electrons. The number of carbonyl (C=O) groups excluding carboxylic acids is 1. The van der Waals surface area contributed by atoms with Gasteiger partial charge in [0.2, 0.25) is 12.7 Å². The molecule has 0 fully saturated rings. The van der Waals surface area contributed by atoms with Crippen LogP contribution in [-0.4, -0.2) is 31.1 Å². The highest BCUT2D eigenvalue weighted by Crippen LogP contribution is 2.36. The zero-order valence-electron chi connectivity index (χ0n) is 15.8. The molecule has 4 rings (SSSR count). The van der Waals surface area contributed by atoms with Gasteiger partial charge < -0.3 is 28.8 Å². The molecule has 0 aliphatic carbocycles. The van der Waals surface area contributed by atoms with Gasteiger partial charge in [0.1, 0.15) is 18.1 Å². The van der Waals surface area contributed by atoms with Gasteiger partial charge in [-0.2, -0.15) is 0 Å². The zero-order chi connectivity index (χ0) is 20.1. The van der Waals surface area contributed by atoms with Crippen LogP contribution >= 0.6 is 0 Å². The van der Waals surface area contributed by atoms with Gasteiger partial charge in [0.05, 0.1) is 13.2 Å². The van der Waals surface area contributed by atoms with E-state index in [4.69, 9.17) is 23.5 Å². The highest BCUT2D eigenvalue weighted by atomic mass is 16.7. The van der Waals surface area contributed by atoms with E-state index < -0.39 is 0 Å². The fraction of sp³-hybridized carbons (Fsp3) is 0.238. The van der Waals surface area contributed by atoms with Crippen LogP contribution in [0.3, 0.4) is 0 Å². The maximum absolute atomic E-state index is 12.0. The summed E-state index contributed by atoms with van der Waals surface area (Å²) < 4.78 is 26.8. The highest BCUT2D eigenvalue weighted by Gasteiger charge is 2.16. The van der Waals surface area contributed by atoms with Crippen LogP contribution in [-0.2, 0) is 16.1 Å². The number of fused-ring (bicyclic) bond motifs is 1. The van der Waals surface area contributed by atoms with Crippen LogP contribution in [0.1, 0.15) is 12.6 Å². The first kappa shape index (κ1) is 18.8. The summed E-state index contributed by atoms with van der Waals surface area (Å²) >= 11 is 0. The molecule has 0 atom stereocenters. The Labute approximate surface area is 167 Å². The van der Waals surface area contributed by atoms with Gasteiger partial charge in [-0.3, -0.25) is 4.79 Å². The summed E-state index contributed by atoms with van der Waals surface area (Å²) in [5.74, 6) is 2.46. The van der Waals surface area contributed by atoms with Crippen molar-refractivity contribution in [1.82, 2.24) is 5.16 Å². The first-order chi connectivity index (χ1) is 14.2. The fourth-order valence-electron chi connectivity index (χ4n) is 2.81. The molecule has 0 bridgehead atoms. The number of hydrogen-bond donors (Lipinski definition) is 1. The third-order valence-corrected chi connectivity index (χ3v) is 4.15. The lowest BCUT2D eigenvalue weighted by atomic mass is 10.1. The SMILES string of the molecule is CCOc1ccc(NC(=O)COCc2cc(-c3ccc4c(c3)OCO4)on2)cc1. The second-order valence-electron chi connectivity index (χ2n) is 6.25. The van der Waals surface area contributed by atoms with Crippen molar-refractivity contribution in [3.63, 3.8) is 0 Å². The minimum atomic E-state index is -0.256. The molecule has 8 nitrogen and oxygen atoms in total. The number of ether oxygens (including phenoxy) is 4. The first-order valence-corrected chi connectivity index (χ1v) is 9.17. The van der Waals surface area contributed by atoms with Gasteiger partial charge in [0.15, 0.2) is 17.3 Å². The molecule has 1 amide bonds. The van der Waals surface area contributed by atoms with Gasteiger partial charge >= 0.3 is 0 Å². The molecule has 1 N–H and O–H groups in total. The molecular formula is C21H20N2O6. The number of rotatable bonds is 8. The maximum atomic E-state index is 12.0. The van der Waals surface area contributed by atoms with E-state index in [0.29, 0.717) is 35.2 Å². The average molecular weight is 396 g/mol. The van der Waals surface area contributed by atoms with Crippen molar-refractivity contribution in [1.29, 1.82) is 0 Å². The molecule has 3 aromatic rings. The quantitative estimate of drug-likeness (QED) is 0.622. The average Bonchev–Trinajstić information content (AvgIpc) is 3.38. The van der Waals surface area contributed by atoms with Gasteiger partial charge in [-0.05, 0) is 49.4 Å². The van der Waals surface area contributed by atoms with Gasteiger partial charge in [-0.1, -0.05) is 5.16 Å². The fourth-order valence-corrected chi connectivity index (χ4v) is 2.81. The van der Waals surface area contributed by atoms with Crippen LogP contribution < -0.4 is 19.5 Å². The van der Waals surface area contributed by atoms with Gasteiger partial charge in [-0.25, -0.2) is 0 Å². The molecule has 0 unspecified atom stereocenters. The summed E-state index contributed by atoms with van der Waals surface area (Å²) in [6.45, 7) is 2.79. The smallest absolute Gasteiger partial charge is 0.250 e. The Hall–Kier alpha value is -3.52. The van der Waals surface area contributed by atoms with Crippen LogP contribution in [0, 0.1) is 0 Å². The van der Waals surface area contributed by atoms with Gasteiger partial charge in [0, 0.05) is 17.3 Å². The predicted octanol–water partition coefficient (Wildman–Crippen LogP) is 3.62. The summed E-state index contributed by atoms with van der Waals surface area (Å²) in [6, 6.07) is 14.4. The standard InChI is InChI=1S/C21H20N2O6/c1-2-26-17-6-4-15(5-7-17)22-21(24)12-25-11-16-10-19(29-23-16)14-3-8-18-20(9-14)28-13-27-18/h3-10H,2,11-13H2,1H3,(H,22,24). The molecule has 2 aromatic carbocycles. The van der Waals surface area contributed by atoms with E-state index in [2.05, 4.69) is 10.5 Å². The number of carbonyl (C=O) groups is 1. The Kier molecular flexibility index (Phi) is 5.62. The number of benzene rings is 2. The second-order valence-corrected chi connectivity index (χ2v) is 6.25. The Balaban J connectivity index is 1.26. The van der Waals surface area contributed by atoms with Crippen molar-refractivity contribution in [2.75, 3.05) is 25.3 Å². The number of hydrogen-bond acceptors (Lipinski definition) is 7. The molecule has 1 aliphatic rings. The number of nitrogens with one attached hydrogen (secondary N) is 1. The summed E-state index contributed by atoms with van der Waals surface area (Å²) in [5, 5.41) is 6.74. The topological polar surface area (TPSA) is 92.1 Å². The summed E-state index contributed by atoms with van der Waals surface area (Å²) in [6.07, 6.45) is 0. The highest BCUT2D eigenvalue weighted by molar-refractivity contribution is 5.91. The summed E-state index contributed by atoms with van der Waals surface area (Å²) in [7, 11) is 0. The second kappa shape index (κ2) is 8.66. The molecule has 1 aromatic heterocycles. The zero-order valence-corrected chi connectivity index (χ0v) is 15.8. The van der Waals surface area contributed by atoms with Crippen molar-refractivity contribution in [3.8, 4) is 28.6 Å². The van der Waals surface area contributed by atoms with E-state index in [1.165, 1.54) is 0 Å². The van der Waals surface area contributed by atoms with E-state index in [1.54, 1.807) is 30.3 Å². The molecule has 8 heteroatoms. The van der Waals surface area contributed by atoms with Crippen molar-refractivity contribution in [2.45, 2.75) is 13.5 Å². The Morgan fingerprint density at radius 1 is 1.10 bits per heavy atom. The first-order valence-electron chi connectivity index (χ1n) is 9.17. The molecule has 150 valence electrons. The summed E-state index contributed by atoms with van der Waals surface area (Å²) in [4.78, 5) is 12.0. The lowest BCUT2D eigenvalue weighted by molar-refractivity contribution is -0.121. The van der Waals surface area contributed by atoms with Crippen LogP contribution in [0.25, 0.3) is 11.3 Å². The monoisotopic (exact) mass is 396 g/mol. The number of anilines is 1. The molecule has 29 heavy (non-hydrogen) atoms. The van der Waals surface area contributed by atoms with E-state index >= 15 is 0 Å². The molecule has 1 aliphatic heterocycles. The molecule has 0 spiro atoms. The lowest BCUT2D eigenvalue weighted by Crippen LogP contribution is -2.18. The Morgan fingerprint density at radius 3 is 2.76 bits per heavy atom. The van der Waals surface area contributed by atoms with Crippen molar-refractivity contribution >= 4 is 11.6 Å².